The van der Waals surface area contributed by atoms with Crippen molar-refractivity contribution in [3.05, 3.63) is 24.5 Å². The molecule has 4 aliphatic rings. The third-order valence-corrected chi connectivity index (χ3v) is 5.73. The second-order valence-electron chi connectivity index (χ2n) is 8.25. The molecule has 0 aliphatic heterocycles. The van der Waals surface area contributed by atoms with E-state index in [1.807, 2.05) is 0 Å². The number of alkyl halides is 1. The lowest BCUT2D eigenvalue weighted by Gasteiger charge is -2.55. The number of aliphatic hydroxyl groups excluding tert-OH is 1. The van der Waals surface area contributed by atoms with Crippen LogP contribution in [0.25, 0.3) is 0 Å². The van der Waals surface area contributed by atoms with Gasteiger partial charge < -0.3 is 19.3 Å². The van der Waals surface area contributed by atoms with E-state index in [1.165, 1.54) is 26.2 Å². The second-order valence-corrected chi connectivity index (χ2v) is 8.63. The van der Waals surface area contributed by atoms with Crippen molar-refractivity contribution in [3.8, 4) is 0 Å². The lowest BCUT2D eigenvalue weighted by molar-refractivity contribution is -0.182. The first-order valence-corrected chi connectivity index (χ1v) is 10.3. The molecule has 4 aliphatic carbocycles. The van der Waals surface area contributed by atoms with Gasteiger partial charge in [-0.05, 0) is 76.7 Å². The molecule has 0 aromatic carbocycles. The summed E-state index contributed by atoms with van der Waals surface area (Å²) in [7, 11) is 0. The lowest BCUT2D eigenvalue weighted by Crippen LogP contribution is -2.52. The average Bonchev–Trinajstić information content (AvgIpc) is 2.58. The predicted octanol–water partition coefficient (Wildman–Crippen LogP) is 4.28. The van der Waals surface area contributed by atoms with E-state index >= 15 is 0 Å². The molecule has 7 heteroatoms. The fourth-order valence-electron chi connectivity index (χ4n) is 4.90. The van der Waals surface area contributed by atoms with Crippen molar-refractivity contribution in [1.29, 1.82) is 0 Å². The highest BCUT2D eigenvalue weighted by Crippen LogP contribution is 2.57. The van der Waals surface area contributed by atoms with E-state index in [0.717, 1.165) is 37.0 Å². The number of ether oxygens (including phenoxy) is 3. The van der Waals surface area contributed by atoms with Gasteiger partial charge in [-0.1, -0.05) is 6.58 Å². The lowest BCUT2D eigenvalue weighted by atomic mass is 9.54. The minimum atomic E-state index is -0.892. The van der Waals surface area contributed by atoms with Crippen LogP contribution in [0.5, 0.6) is 0 Å². The van der Waals surface area contributed by atoms with Crippen molar-refractivity contribution in [2.45, 2.75) is 64.3 Å². The Bertz CT molecular complexity index is 579. The van der Waals surface area contributed by atoms with Crippen LogP contribution >= 0.6 is 11.6 Å². The third kappa shape index (κ3) is 6.24. The molecule has 1 N–H and O–H groups in total. The maximum absolute atomic E-state index is 11.7. The highest BCUT2D eigenvalue weighted by Gasteiger charge is 2.53. The van der Waals surface area contributed by atoms with Gasteiger partial charge in [0.05, 0.1) is 6.61 Å². The van der Waals surface area contributed by atoms with E-state index in [0.29, 0.717) is 11.5 Å². The van der Waals surface area contributed by atoms with Crippen molar-refractivity contribution in [3.63, 3.8) is 0 Å². The molecule has 0 heterocycles. The van der Waals surface area contributed by atoms with Gasteiger partial charge in [-0.15, -0.1) is 11.6 Å². The molecular weight excluding hydrogens is 384 g/mol. The van der Waals surface area contributed by atoms with Crippen LogP contribution < -0.4 is 0 Å². The first-order valence-electron chi connectivity index (χ1n) is 9.79. The maximum Gasteiger partial charge on any atom is 0.375 e. The van der Waals surface area contributed by atoms with Crippen molar-refractivity contribution in [2.24, 2.45) is 17.8 Å². The molecular formula is C21H31ClO6. The molecule has 4 rings (SSSR count). The van der Waals surface area contributed by atoms with Gasteiger partial charge in [0.2, 0.25) is 6.29 Å². The summed E-state index contributed by atoms with van der Waals surface area (Å²) in [5, 5.41) is 8.54. The Morgan fingerprint density at radius 3 is 2.00 bits per heavy atom. The van der Waals surface area contributed by atoms with Gasteiger partial charge in [-0.3, -0.25) is 0 Å². The van der Waals surface area contributed by atoms with Crippen molar-refractivity contribution in [2.75, 3.05) is 12.5 Å². The number of carbonyl (C=O) groups excluding carboxylic acids is 2. The molecule has 4 bridgehead atoms. The summed E-state index contributed by atoms with van der Waals surface area (Å²) in [4.78, 5) is 22.3. The summed E-state index contributed by atoms with van der Waals surface area (Å²) in [6.07, 6.45) is 6.74. The first-order chi connectivity index (χ1) is 13.1. The van der Waals surface area contributed by atoms with Gasteiger partial charge in [0.1, 0.15) is 5.60 Å². The number of esters is 2. The van der Waals surface area contributed by atoms with Gasteiger partial charge in [0.25, 0.3) is 0 Å². The normalized spacial score (nSPS) is 30.6. The van der Waals surface area contributed by atoms with Crippen molar-refractivity contribution < 1.29 is 28.9 Å². The summed E-state index contributed by atoms with van der Waals surface area (Å²) in [5.74, 6) is 1.08. The Labute approximate surface area is 171 Å². The zero-order valence-electron chi connectivity index (χ0n) is 16.7. The van der Waals surface area contributed by atoms with E-state index < -0.39 is 18.0 Å². The predicted molar refractivity (Wildman–Crippen MR) is 106 cm³/mol. The van der Waals surface area contributed by atoms with Gasteiger partial charge in [-0.2, -0.15) is 0 Å². The Kier molecular flexibility index (Phi) is 7.96. The SMILES string of the molecule is C=C(C)C(=O)OC12CC3CC(CC(C3)C1)C2.C=C(O)C(=O)OC(C)OCCCl. The van der Waals surface area contributed by atoms with Gasteiger partial charge >= 0.3 is 11.9 Å². The highest BCUT2D eigenvalue weighted by atomic mass is 35.5. The molecule has 0 aromatic heterocycles. The third-order valence-electron chi connectivity index (χ3n) is 5.58. The number of hydrogen-bond donors (Lipinski definition) is 1. The highest BCUT2D eigenvalue weighted by molar-refractivity contribution is 6.17. The molecule has 0 aromatic rings. The summed E-state index contributed by atoms with van der Waals surface area (Å²) >= 11 is 5.31. The molecule has 1 unspecified atom stereocenters. The van der Waals surface area contributed by atoms with Crippen molar-refractivity contribution >= 4 is 23.5 Å². The molecule has 4 fully saturated rings. The summed E-state index contributed by atoms with van der Waals surface area (Å²) in [6, 6.07) is 0. The molecule has 0 radical (unpaired) electrons. The largest absolute Gasteiger partial charge is 0.502 e. The first kappa shape index (κ1) is 22.8. The Morgan fingerprint density at radius 2 is 1.61 bits per heavy atom. The van der Waals surface area contributed by atoms with Crippen LogP contribution in [0.2, 0.25) is 0 Å². The Morgan fingerprint density at radius 1 is 1.11 bits per heavy atom. The molecule has 0 amide bonds. The average molecular weight is 415 g/mol. The standard InChI is InChI=1S/C14H20O2.C7H11ClO4/c1-9(2)13(15)16-14-6-10-3-11(7-14)5-12(4-10)8-14;1-5(9)7(10)12-6(2)11-4-3-8/h10-12H,1,3-8H2,2H3;6,9H,1,3-4H2,2H3. The fraction of sp³-hybridized carbons (Fsp3) is 0.714. The van der Waals surface area contributed by atoms with E-state index in [9.17, 15) is 9.59 Å². The zero-order valence-corrected chi connectivity index (χ0v) is 17.5. The van der Waals surface area contributed by atoms with Crippen LogP contribution in [0.15, 0.2) is 24.5 Å². The molecule has 28 heavy (non-hydrogen) atoms. The summed E-state index contributed by atoms with van der Waals surface area (Å²) < 4.78 is 15.2. The van der Waals surface area contributed by atoms with E-state index in [4.69, 9.17) is 26.2 Å². The molecule has 4 saturated carbocycles. The van der Waals surface area contributed by atoms with Crippen LogP contribution in [-0.4, -0.2) is 41.4 Å². The van der Waals surface area contributed by atoms with Crippen LogP contribution in [0.4, 0.5) is 0 Å². The van der Waals surface area contributed by atoms with Crippen LogP contribution in [-0.2, 0) is 23.8 Å². The van der Waals surface area contributed by atoms with Gasteiger partial charge in [0, 0.05) is 11.5 Å². The summed E-state index contributed by atoms with van der Waals surface area (Å²) in [6.45, 7) is 10.2. The molecule has 158 valence electrons. The minimum absolute atomic E-state index is 0.106. The van der Waals surface area contributed by atoms with Crippen molar-refractivity contribution in [1.82, 2.24) is 0 Å². The quantitative estimate of drug-likeness (QED) is 0.220. The molecule has 6 nitrogen and oxygen atoms in total. The molecule has 0 saturated heterocycles. The second kappa shape index (κ2) is 9.79. The monoisotopic (exact) mass is 414 g/mol. The van der Waals surface area contributed by atoms with E-state index in [2.05, 4.69) is 17.9 Å². The number of aliphatic hydroxyl groups is 1. The Hall–Kier alpha value is -1.53. The Balaban J connectivity index is 0.000000211. The molecule has 1 atom stereocenters. The maximum atomic E-state index is 11.7. The number of halogens is 1. The van der Waals surface area contributed by atoms with E-state index in [-0.39, 0.29) is 18.2 Å². The van der Waals surface area contributed by atoms with Crippen LogP contribution in [0.3, 0.4) is 0 Å². The minimum Gasteiger partial charge on any atom is -0.502 e. The fourth-order valence-corrected chi connectivity index (χ4v) is 4.99. The van der Waals surface area contributed by atoms with Gasteiger partial charge in [0.15, 0.2) is 5.76 Å². The smallest absolute Gasteiger partial charge is 0.375 e. The number of carbonyl (C=O) groups is 2. The van der Waals surface area contributed by atoms with Gasteiger partial charge in [-0.25, -0.2) is 9.59 Å². The summed E-state index contributed by atoms with van der Waals surface area (Å²) in [5.41, 5.74) is 0.431. The number of hydrogen-bond acceptors (Lipinski definition) is 6. The van der Waals surface area contributed by atoms with Crippen LogP contribution in [0.1, 0.15) is 52.4 Å². The topological polar surface area (TPSA) is 82.1 Å². The number of rotatable bonds is 7. The zero-order chi connectivity index (χ0) is 20.9. The molecule has 0 spiro atoms. The van der Waals surface area contributed by atoms with Crippen LogP contribution in [0, 0.1) is 17.8 Å². The van der Waals surface area contributed by atoms with E-state index in [1.54, 1.807) is 6.92 Å².